The predicted octanol–water partition coefficient (Wildman–Crippen LogP) is 1.30. The summed E-state index contributed by atoms with van der Waals surface area (Å²) in [6.07, 6.45) is 4.09. The van der Waals surface area contributed by atoms with Crippen molar-refractivity contribution in [1.29, 1.82) is 0 Å². The Kier molecular flexibility index (Phi) is 2.45. The summed E-state index contributed by atoms with van der Waals surface area (Å²) >= 11 is 0. The molecule has 0 aliphatic carbocycles. The molecule has 5 nitrogen and oxygen atoms in total. The van der Waals surface area contributed by atoms with Crippen molar-refractivity contribution in [3.05, 3.63) is 30.3 Å². The number of rotatable bonds is 3. The van der Waals surface area contributed by atoms with Crippen LogP contribution in [0.2, 0.25) is 0 Å². The topological polar surface area (TPSA) is 69.4 Å². The molecule has 0 radical (unpaired) electrons. The van der Waals surface area contributed by atoms with Crippen LogP contribution in [0.4, 0.5) is 0 Å². The Hall–Kier alpha value is -1.40. The zero-order valence-electron chi connectivity index (χ0n) is 8.00. The van der Waals surface area contributed by atoms with Gasteiger partial charge < -0.3 is 4.42 Å². The molecule has 2 rings (SSSR count). The van der Waals surface area contributed by atoms with Crippen molar-refractivity contribution < 1.29 is 17.0 Å². The van der Waals surface area contributed by atoms with Gasteiger partial charge in [0.2, 0.25) is 0 Å². The second-order valence-corrected chi connectivity index (χ2v) is 4.74. The molecule has 2 aromatic heterocycles. The molecule has 2 aromatic rings. The zero-order chi connectivity index (χ0) is 10.9. The lowest BCUT2D eigenvalue weighted by Crippen LogP contribution is -2.03. The zero-order valence-corrected chi connectivity index (χ0v) is 8.82. The lowest BCUT2D eigenvalue weighted by Gasteiger charge is -2.00. The fraction of sp³-hybridized carbons (Fsp3) is 0.222. The minimum Gasteiger partial charge on any atom is -0.463 e. The summed E-state index contributed by atoms with van der Waals surface area (Å²) in [7, 11) is -3.43. The number of nitrogens with zero attached hydrogens (tertiary/aromatic N) is 1. The van der Waals surface area contributed by atoms with Crippen LogP contribution >= 0.6 is 0 Å². The molecule has 0 aromatic carbocycles. The van der Waals surface area contributed by atoms with Gasteiger partial charge in [-0.25, -0.2) is 0 Å². The van der Waals surface area contributed by atoms with Gasteiger partial charge >= 0.3 is 0 Å². The van der Waals surface area contributed by atoms with Gasteiger partial charge in [-0.1, -0.05) is 0 Å². The summed E-state index contributed by atoms with van der Waals surface area (Å²) in [5.74, 6) is 0. The molecule has 0 aliphatic rings. The third kappa shape index (κ3) is 2.54. The van der Waals surface area contributed by atoms with Gasteiger partial charge in [0, 0.05) is 5.39 Å². The molecule has 0 amide bonds. The van der Waals surface area contributed by atoms with Gasteiger partial charge in [-0.3, -0.25) is 9.17 Å². The third-order valence-electron chi connectivity index (χ3n) is 1.82. The highest BCUT2D eigenvalue weighted by molar-refractivity contribution is 7.85. The summed E-state index contributed by atoms with van der Waals surface area (Å²) in [5.41, 5.74) is 1.22. The van der Waals surface area contributed by atoms with E-state index in [4.69, 9.17) is 4.42 Å². The molecule has 0 saturated carbocycles. The lowest BCUT2D eigenvalue weighted by molar-refractivity contribution is 0.307. The van der Waals surface area contributed by atoms with Crippen LogP contribution in [-0.4, -0.2) is 19.7 Å². The number of aromatic nitrogens is 1. The second-order valence-electron chi connectivity index (χ2n) is 3.10. The van der Waals surface area contributed by atoms with Crippen molar-refractivity contribution in [2.45, 2.75) is 6.61 Å². The van der Waals surface area contributed by atoms with Crippen molar-refractivity contribution in [1.82, 2.24) is 4.98 Å². The Morgan fingerprint density at radius 3 is 3.07 bits per heavy atom. The van der Waals surface area contributed by atoms with Crippen LogP contribution in [0.1, 0.15) is 5.69 Å². The maximum Gasteiger partial charge on any atom is 0.264 e. The van der Waals surface area contributed by atoms with Crippen LogP contribution in [0.15, 0.2) is 29.0 Å². The fourth-order valence-electron chi connectivity index (χ4n) is 1.16. The summed E-state index contributed by atoms with van der Waals surface area (Å²) < 4.78 is 31.2. The highest BCUT2D eigenvalue weighted by atomic mass is 32.2. The van der Waals surface area contributed by atoms with Gasteiger partial charge in [0.25, 0.3) is 10.1 Å². The standard InChI is InChI=1S/C9H9NO4S/c1-15(11,12)14-6-8-4-7-2-3-13-9(7)5-10-8/h2-5H,6H2,1H3. The third-order valence-corrected chi connectivity index (χ3v) is 2.36. The Morgan fingerprint density at radius 1 is 1.53 bits per heavy atom. The van der Waals surface area contributed by atoms with E-state index in [1.807, 2.05) is 0 Å². The Morgan fingerprint density at radius 2 is 2.33 bits per heavy atom. The number of pyridine rings is 1. The van der Waals surface area contributed by atoms with Gasteiger partial charge in [0.05, 0.1) is 24.4 Å². The van der Waals surface area contributed by atoms with E-state index in [0.29, 0.717) is 11.3 Å². The summed E-state index contributed by atoms with van der Waals surface area (Å²) in [4.78, 5) is 4.00. The van der Waals surface area contributed by atoms with Crippen molar-refractivity contribution in [2.75, 3.05) is 6.26 Å². The average molecular weight is 227 g/mol. The molecule has 0 aliphatic heterocycles. The monoisotopic (exact) mass is 227 g/mol. The van der Waals surface area contributed by atoms with E-state index in [1.165, 1.54) is 6.20 Å². The Labute approximate surface area is 86.8 Å². The molecular weight excluding hydrogens is 218 g/mol. The molecule has 0 unspecified atom stereocenters. The summed E-state index contributed by atoms with van der Waals surface area (Å²) in [6, 6.07) is 3.50. The first-order valence-electron chi connectivity index (χ1n) is 4.21. The fourth-order valence-corrected chi connectivity index (χ4v) is 1.49. The van der Waals surface area contributed by atoms with E-state index in [0.717, 1.165) is 11.6 Å². The number of furan rings is 1. The van der Waals surface area contributed by atoms with E-state index < -0.39 is 10.1 Å². The minimum absolute atomic E-state index is 0.0556. The molecule has 0 saturated heterocycles. The van der Waals surface area contributed by atoms with Gasteiger partial charge in [0.15, 0.2) is 5.58 Å². The largest absolute Gasteiger partial charge is 0.463 e. The van der Waals surface area contributed by atoms with Gasteiger partial charge in [-0.15, -0.1) is 0 Å². The van der Waals surface area contributed by atoms with E-state index in [9.17, 15) is 8.42 Å². The van der Waals surface area contributed by atoms with Gasteiger partial charge in [-0.05, 0) is 12.1 Å². The first-order valence-corrected chi connectivity index (χ1v) is 6.03. The Balaban J connectivity index is 2.21. The molecular formula is C9H9NO4S. The Bertz CT molecular complexity index is 573. The highest BCUT2D eigenvalue weighted by Crippen LogP contribution is 2.15. The SMILES string of the molecule is CS(=O)(=O)OCc1cc2ccoc2cn1. The predicted molar refractivity (Wildman–Crippen MR) is 53.6 cm³/mol. The van der Waals surface area contributed by atoms with Crippen LogP contribution in [0.5, 0.6) is 0 Å². The normalized spacial score (nSPS) is 12.1. The van der Waals surface area contributed by atoms with E-state index in [-0.39, 0.29) is 6.61 Å². The molecule has 0 bridgehead atoms. The average Bonchev–Trinajstić information content (AvgIpc) is 2.60. The first kappa shape index (κ1) is 10.1. The molecule has 15 heavy (non-hydrogen) atoms. The van der Waals surface area contributed by atoms with Crippen LogP contribution in [0, 0.1) is 0 Å². The van der Waals surface area contributed by atoms with Crippen molar-refractivity contribution in [3.8, 4) is 0 Å². The smallest absolute Gasteiger partial charge is 0.264 e. The minimum atomic E-state index is -3.43. The molecule has 0 N–H and O–H groups in total. The molecule has 0 spiro atoms. The van der Waals surface area contributed by atoms with Crippen LogP contribution in [-0.2, 0) is 20.9 Å². The lowest BCUT2D eigenvalue weighted by atomic mass is 10.3. The number of fused-ring (bicyclic) bond motifs is 1. The van der Waals surface area contributed by atoms with Crippen LogP contribution < -0.4 is 0 Å². The molecule has 80 valence electrons. The quantitative estimate of drug-likeness (QED) is 0.739. The van der Waals surface area contributed by atoms with Crippen molar-refractivity contribution in [2.24, 2.45) is 0 Å². The van der Waals surface area contributed by atoms with E-state index in [2.05, 4.69) is 9.17 Å². The summed E-state index contributed by atoms with van der Waals surface area (Å²) in [6.45, 7) is -0.0556. The van der Waals surface area contributed by atoms with Crippen LogP contribution in [0.25, 0.3) is 11.0 Å². The van der Waals surface area contributed by atoms with Crippen LogP contribution in [0.3, 0.4) is 0 Å². The maximum atomic E-state index is 10.7. The maximum absolute atomic E-state index is 10.7. The molecule has 2 heterocycles. The second kappa shape index (κ2) is 3.63. The highest BCUT2D eigenvalue weighted by Gasteiger charge is 2.05. The summed E-state index contributed by atoms with van der Waals surface area (Å²) in [5, 5.41) is 0.872. The van der Waals surface area contributed by atoms with E-state index >= 15 is 0 Å². The number of hydrogen-bond acceptors (Lipinski definition) is 5. The van der Waals surface area contributed by atoms with Crippen molar-refractivity contribution in [3.63, 3.8) is 0 Å². The molecule has 0 fully saturated rings. The van der Waals surface area contributed by atoms with Crippen molar-refractivity contribution >= 4 is 21.1 Å². The first-order chi connectivity index (χ1) is 7.04. The molecule has 6 heteroatoms. The van der Waals surface area contributed by atoms with E-state index in [1.54, 1.807) is 18.4 Å². The van der Waals surface area contributed by atoms with Gasteiger partial charge in [0.1, 0.15) is 6.61 Å². The molecule has 0 atom stereocenters. The number of hydrogen-bond donors (Lipinski definition) is 0. The van der Waals surface area contributed by atoms with Gasteiger partial charge in [-0.2, -0.15) is 8.42 Å².